The fraction of sp³-hybridized carbons (Fsp3) is 0.562. The van der Waals surface area contributed by atoms with Crippen molar-refractivity contribution in [2.45, 2.75) is 89.3 Å². The Morgan fingerprint density at radius 3 is 1.81 bits per heavy atom. The third kappa shape index (κ3) is 8.19. The summed E-state index contributed by atoms with van der Waals surface area (Å²) in [6.45, 7) is 2.63. The molecule has 0 atom stereocenters. The van der Waals surface area contributed by atoms with Gasteiger partial charge in [-0.15, -0.1) is 0 Å². The molecule has 0 bridgehead atoms. The van der Waals surface area contributed by atoms with Gasteiger partial charge < -0.3 is 9.47 Å². The maximum Gasteiger partial charge on any atom is 0.422 e. The number of unbranched alkanes of at least 4 members (excludes halogenated alkanes) is 1. The van der Waals surface area contributed by atoms with Gasteiger partial charge in [0.15, 0.2) is 0 Å². The molecule has 0 N–H and O–H groups in total. The average Bonchev–Trinajstić information content (AvgIpc) is 2.91. The number of allylic oxidation sites excluding steroid dienone is 2. The molecule has 42 heavy (non-hydrogen) atoms. The van der Waals surface area contributed by atoms with Crippen LogP contribution in [0, 0.1) is 35.2 Å². The van der Waals surface area contributed by atoms with Crippen LogP contribution in [0.2, 0.25) is 0 Å². The summed E-state index contributed by atoms with van der Waals surface area (Å²) in [6.07, 6.45) is 1.64. The molecule has 10 heteroatoms. The van der Waals surface area contributed by atoms with Gasteiger partial charge in [0.25, 0.3) is 0 Å². The van der Waals surface area contributed by atoms with E-state index in [2.05, 4.69) is 23.8 Å². The molecule has 2 fully saturated rings. The van der Waals surface area contributed by atoms with E-state index in [0.29, 0.717) is 36.7 Å². The van der Waals surface area contributed by atoms with E-state index in [-0.39, 0.29) is 42.6 Å². The van der Waals surface area contributed by atoms with Crippen LogP contribution in [-0.2, 0) is 6.18 Å². The summed E-state index contributed by atoms with van der Waals surface area (Å²) in [5.41, 5.74) is -1.43. The maximum absolute atomic E-state index is 14.8. The van der Waals surface area contributed by atoms with Crippen molar-refractivity contribution in [3.8, 4) is 11.5 Å². The van der Waals surface area contributed by atoms with Crippen LogP contribution in [0.1, 0.15) is 88.2 Å². The molecule has 0 saturated heterocycles. The van der Waals surface area contributed by atoms with E-state index in [9.17, 15) is 35.1 Å². The summed E-state index contributed by atoms with van der Waals surface area (Å²) in [4.78, 5) is 0. The van der Waals surface area contributed by atoms with Crippen LogP contribution in [0.15, 0.2) is 42.5 Å². The molecule has 2 saturated carbocycles. The Labute approximate surface area is 241 Å². The summed E-state index contributed by atoms with van der Waals surface area (Å²) >= 11 is 0. The number of benzene rings is 2. The zero-order valence-corrected chi connectivity index (χ0v) is 23.5. The highest BCUT2D eigenvalue weighted by molar-refractivity contribution is 5.33. The minimum Gasteiger partial charge on any atom is -0.493 e. The number of hydrogen-bond acceptors (Lipinski definition) is 2. The van der Waals surface area contributed by atoms with Gasteiger partial charge in [-0.1, -0.05) is 31.6 Å². The van der Waals surface area contributed by atoms with Crippen molar-refractivity contribution >= 4 is 0 Å². The molecule has 0 heterocycles. The maximum atomic E-state index is 14.8. The van der Waals surface area contributed by atoms with E-state index in [1.807, 2.05) is 12.1 Å². The lowest BCUT2D eigenvalue weighted by molar-refractivity contribution is -0.223. The molecule has 4 rings (SSSR count). The van der Waals surface area contributed by atoms with E-state index in [1.165, 1.54) is 6.07 Å². The van der Waals surface area contributed by atoms with Gasteiger partial charge in [-0.25, -0.2) is 13.2 Å². The summed E-state index contributed by atoms with van der Waals surface area (Å²) in [5.74, 6) is -5.37. The van der Waals surface area contributed by atoms with Crippen LogP contribution < -0.4 is 9.47 Å². The Balaban J connectivity index is 1.24. The molecule has 0 aliphatic heterocycles. The Bertz CT molecular complexity index is 1190. The van der Waals surface area contributed by atoms with Gasteiger partial charge >= 0.3 is 12.3 Å². The van der Waals surface area contributed by atoms with Gasteiger partial charge in [0.05, 0.1) is 12.5 Å². The molecule has 0 radical (unpaired) electrons. The molecule has 2 aromatic rings. The first-order valence-corrected chi connectivity index (χ1v) is 14.6. The highest BCUT2D eigenvalue weighted by Gasteiger charge is 2.45. The van der Waals surface area contributed by atoms with Crippen LogP contribution in [0.5, 0.6) is 11.5 Å². The predicted octanol–water partition coefficient (Wildman–Crippen LogP) is 10.6. The van der Waals surface area contributed by atoms with E-state index >= 15 is 0 Å². The zero-order chi connectivity index (χ0) is 30.5. The highest BCUT2D eigenvalue weighted by atomic mass is 19.4. The van der Waals surface area contributed by atoms with Crippen molar-refractivity contribution in [2.75, 3.05) is 6.61 Å². The van der Waals surface area contributed by atoms with Gasteiger partial charge in [-0.3, -0.25) is 0 Å². The van der Waals surface area contributed by atoms with Crippen LogP contribution in [0.4, 0.5) is 35.1 Å². The van der Waals surface area contributed by atoms with Crippen LogP contribution in [0.3, 0.4) is 0 Å². The second-order valence-electron chi connectivity index (χ2n) is 11.4. The Morgan fingerprint density at radius 1 is 0.738 bits per heavy atom. The van der Waals surface area contributed by atoms with Gasteiger partial charge in [-0.05, 0) is 87.2 Å². The van der Waals surface area contributed by atoms with Crippen molar-refractivity contribution in [3.63, 3.8) is 0 Å². The van der Waals surface area contributed by atoms with Gasteiger partial charge in [0.1, 0.15) is 34.5 Å². The van der Waals surface area contributed by atoms with E-state index < -0.39 is 41.2 Å². The topological polar surface area (TPSA) is 18.5 Å². The molecular weight excluding hydrogens is 568 g/mol. The molecule has 2 aliphatic carbocycles. The van der Waals surface area contributed by atoms with Crippen LogP contribution in [-0.4, -0.2) is 12.7 Å². The third-order valence-corrected chi connectivity index (χ3v) is 8.41. The fourth-order valence-electron chi connectivity index (χ4n) is 5.97. The monoisotopic (exact) mass is 604 g/mol. The lowest BCUT2D eigenvalue weighted by atomic mass is 9.77. The molecule has 2 aliphatic rings. The molecule has 2 nitrogen and oxygen atoms in total. The molecule has 0 spiro atoms. The summed E-state index contributed by atoms with van der Waals surface area (Å²) in [7, 11) is 0. The first-order valence-electron chi connectivity index (χ1n) is 14.6. The fourth-order valence-corrected chi connectivity index (χ4v) is 5.97. The Hall–Kier alpha value is -2.78. The summed E-state index contributed by atoms with van der Waals surface area (Å²) in [6, 6.07) is 5.37. The highest BCUT2D eigenvalue weighted by Crippen LogP contribution is 2.43. The largest absolute Gasteiger partial charge is 0.493 e. The molecular formula is C32H36F8O2. The van der Waals surface area contributed by atoms with Crippen molar-refractivity contribution in [2.24, 2.45) is 17.8 Å². The first-order chi connectivity index (χ1) is 19.9. The minimum atomic E-state index is -5.30. The minimum absolute atomic E-state index is 0.0911. The summed E-state index contributed by atoms with van der Waals surface area (Å²) in [5, 5.41) is 0. The number of hydrogen-bond donors (Lipinski definition) is 0. The SMILES string of the molecule is CCCCOc1ccc(C2CCC(/C=C/C3CCC(C(F)(F)Oc4cc(F)c(C(F)(F)F)c(F)c4)CC3)CC2)c(F)c1. The van der Waals surface area contributed by atoms with Crippen molar-refractivity contribution in [1.29, 1.82) is 0 Å². The molecule has 0 aromatic heterocycles. The van der Waals surface area contributed by atoms with Gasteiger partial charge in [0.2, 0.25) is 0 Å². The average molecular weight is 605 g/mol. The smallest absolute Gasteiger partial charge is 0.422 e. The lowest BCUT2D eigenvalue weighted by Crippen LogP contribution is -2.37. The van der Waals surface area contributed by atoms with Crippen LogP contribution >= 0.6 is 0 Å². The lowest BCUT2D eigenvalue weighted by Gasteiger charge is -2.33. The quantitative estimate of drug-likeness (QED) is 0.153. The second kappa shape index (κ2) is 13.7. The van der Waals surface area contributed by atoms with Crippen molar-refractivity contribution in [3.05, 3.63) is 71.1 Å². The number of halogens is 8. The number of alkyl halides is 5. The zero-order valence-electron chi connectivity index (χ0n) is 23.5. The Kier molecular flexibility index (Phi) is 10.5. The molecule has 0 unspecified atom stereocenters. The normalized spacial score (nSPS) is 23.7. The van der Waals surface area contributed by atoms with Crippen molar-refractivity contribution in [1.82, 2.24) is 0 Å². The van der Waals surface area contributed by atoms with Gasteiger partial charge in [0, 0.05) is 18.2 Å². The molecule has 0 amide bonds. The van der Waals surface area contributed by atoms with E-state index in [4.69, 9.17) is 4.74 Å². The second-order valence-corrected chi connectivity index (χ2v) is 11.4. The van der Waals surface area contributed by atoms with Crippen LogP contribution in [0.25, 0.3) is 0 Å². The van der Waals surface area contributed by atoms with Crippen molar-refractivity contribution < 1.29 is 44.6 Å². The standard InChI is InChI=1S/C32H36F8O2/c1-2-3-16-41-24-14-15-26(27(33)17-24)22-10-6-20(7-11-22)4-5-21-8-12-23(13-9-21)32(39,40)42-25-18-28(34)30(29(35)19-25)31(36,37)38/h4-5,14-15,17-23H,2-3,6-13,16H2,1H3/b5-4+. The van der Waals surface area contributed by atoms with E-state index in [1.54, 1.807) is 0 Å². The number of ether oxygens (including phenoxy) is 2. The summed E-state index contributed by atoms with van der Waals surface area (Å²) < 4.78 is 120. The molecule has 232 valence electrons. The molecule has 2 aromatic carbocycles. The first kappa shape index (κ1) is 32.1. The third-order valence-electron chi connectivity index (χ3n) is 8.41. The van der Waals surface area contributed by atoms with Gasteiger partial charge in [-0.2, -0.15) is 22.0 Å². The van der Waals surface area contributed by atoms with E-state index in [0.717, 1.165) is 38.5 Å². The Morgan fingerprint density at radius 2 is 1.29 bits per heavy atom. The number of rotatable bonds is 10. The predicted molar refractivity (Wildman–Crippen MR) is 143 cm³/mol.